The molecular formula is C30H31N3O4S. The van der Waals surface area contributed by atoms with Gasteiger partial charge < -0.3 is 24.3 Å². The molecule has 0 fully saturated rings. The molecule has 1 unspecified atom stereocenters. The van der Waals surface area contributed by atoms with Crippen molar-refractivity contribution >= 4 is 29.0 Å². The van der Waals surface area contributed by atoms with Gasteiger partial charge in [-0.1, -0.05) is 35.4 Å². The van der Waals surface area contributed by atoms with E-state index in [4.69, 9.17) is 9.15 Å². The van der Waals surface area contributed by atoms with Crippen LogP contribution in [0.4, 0.5) is 10.5 Å². The van der Waals surface area contributed by atoms with Crippen molar-refractivity contribution in [3.05, 3.63) is 106 Å². The molecule has 0 bridgehead atoms. The molecule has 2 aromatic carbocycles. The molecule has 0 spiro atoms. The number of hydrogen-bond acceptors (Lipinski definition) is 5. The van der Waals surface area contributed by atoms with Crippen molar-refractivity contribution in [1.29, 1.82) is 0 Å². The number of furan rings is 1. The zero-order valence-electron chi connectivity index (χ0n) is 21.6. The Morgan fingerprint density at radius 2 is 1.79 bits per heavy atom. The van der Waals surface area contributed by atoms with Crippen LogP contribution in [0.2, 0.25) is 0 Å². The fourth-order valence-electron chi connectivity index (χ4n) is 4.57. The van der Waals surface area contributed by atoms with Gasteiger partial charge in [0.1, 0.15) is 24.7 Å². The molecular weight excluding hydrogens is 498 g/mol. The van der Waals surface area contributed by atoms with Crippen LogP contribution in [0.1, 0.15) is 33.4 Å². The van der Waals surface area contributed by atoms with E-state index < -0.39 is 0 Å². The highest BCUT2D eigenvalue weighted by Crippen LogP contribution is 2.34. The predicted molar refractivity (Wildman–Crippen MR) is 148 cm³/mol. The molecule has 3 heterocycles. The van der Waals surface area contributed by atoms with Gasteiger partial charge in [0.2, 0.25) is 5.91 Å². The number of fused-ring (bicyclic) bond motifs is 1. The first-order valence-corrected chi connectivity index (χ1v) is 13.5. The van der Waals surface area contributed by atoms with Crippen LogP contribution in [0.15, 0.2) is 82.8 Å². The number of anilines is 1. The summed E-state index contributed by atoms with van der Waals surface area (Å²) in [5.41, 5.74) is 4.04. The SMILES string of the molecule is Cc1ccc(NC(=O)N(CC(=O)N2CCc3sccc3C2COc2ccc(C)cc2)Cc2ccco2)cc1. The predicted octanol–water partition coefficient (Wildman–Crippen LogP) is 6.20. The smallest absolute Gasteiger partial charge is 0.322 e. The molecule has 5 rings (SSSR count). The van der Waals surface area contributed by atoms with E-state index in [0.717, 1.165) is 28.9 Å². The molecule has 0 saturated carbocycles. The van der Waals surface area contributed by atoms with E-state index in [-0.39, 0.29) is 31.1 Å². The minimum atomic E-state index is -0.362. The molecule has 1 aliphatic rings. The van der Waals surface area contributed by atoms with Crippen molar-refractivity contribution in [2.45, 2.75) is 32.9 Å². The second-order valence-corrected chi connectivity index (χ2v) is 10.5. The largest absolute Gasteiger partial charge is 0.491 e. The number of nitrogens with zero attached hydrogens (tertiary/aromatic N) is 2. The zero-order valence-corrected chi connectivity index (χ0v) is 22.4. The van der Waals surface area contributed by atoms with Gasteiger partial charge in [0.05, 0.1) is 18.8 Å². The Bertz CT molecular complexity index is 1360. The molecule has 1 atom stereocenters. The van der Waals surface area contributed by atoms with Crippen LogP contribution in [-0.2, 0) is 17.8 Å². The summed E-state index contributed by atoms with van der Waals surface area (Å²) in [6.07, 6.45) is 2.35. The topological polar surface area (TPSA) is 75.0 Å². The Labute approximate surface area is 226 Å². The second kappa shape index (κ2) is 11.6. The molecule has 3 amide bonds. The number of urea groups is 1. The molecule has 1 N–H and O–H groups in total. The number of carbonyl (C=O) groups is 2. The van der Waals surface area contributed by atoms with Gasteiger partial charge in [-0.05, 0) is 73.7 Å². The minimum absolute atomic E-state index is 0.0844. The van der Waals surface area contributed by atoms with Gasteiger partial charge in [-0.25, -0.2) is 4.79 Å². The first-order valence-electron chi connectivity index (χ1n) is 12.7. The van der Waals surface area contributed by atoms with Crippen LogP contribution in [0.3, 0.4) is 0 Å². The molecule has 0 saturated heterocycles. The highest BCUT2D eigenvalue weighted by atomic mass is 32.1. The zero-order chi connectivity index (χ0) is 26.5. The van der Waals surface area contributed by atoms with E-state index >= 15 is 0 Å². The summed E-state index contributed by atoms with van der Waals surface area (Å²) in [4.78, 5) is 31.7. The third-order valence-electron chi connectivity index (χ3n) is 6.69. The summed E-state index contributed by atoms with van der Waals surface area (Å²) in [5, 5.41) is 4.98. The van der Waals surface area contributed by atoms with Gasteiger partial charge >= 0.3 is 6.03 Å². The van der Waals surface area contributed by atoms with Crippen LogP contribution in [0, 0.1) is 13.8 Å². The van der Waals surface area contributed by atoms with Crippen LogP contribution in [0.25, 0.3) is 0 Å². The summed E-state index contributed by atoms with van der Waals surface area (Å²) in [7, 11) is 0. The average Bonchev–Trinajstić information content (AvgIpc) is 3.61. The van der Waals surface area contributed by atoms with E-state index in [9.17, 15) is 9.59 Å². The minimum Gasteiger partial charge on any atom is -0.491 e. The standard InChI is InChI=1S/C30H31N3O4S/c1-21-5-9-23(10-6-21)31-30(35)32(18-25-4-3-16-36-25)19-29(34)33-15-13-28-26(14-17-38-28)27(33)20-37-24-11-7-22(2)8-12-24/h3-12,14,16-17,27H,13,15,18-20H2,1-2H3,(H,31,35). The number of nitrogens with one attached hydrogen (secondary N) is 1. The lowest BCUT2D eigenvalue weighted by molar-refractivity contribution is -0.135. The van der Waals surface area contributed by atoms with E-state index in [2.05, 4.69) is 16.8 Å². The van der Waals surface area contributed by atoms with Crippen LogP contribution < -0.4 is 10.1 Å². The van der Waals surface area contributed by atoms with E-state index in [0.29, 0.717) is 24.6 Å². The van der Waals surface area contributed by atoms with Crippen LogP contribution >= 0.6 is 11.3 Å². The van der Waals surface area contributed by atoms with E-state index in [1.807, 2.05) is 67.3 Å². The monoisotopic (exact) mass is 529 g/mol. The molecule has 1 aliphatic heterocycles. The molecule has 7 nitrogen and oxygen atoms in total. The van der Waals surface area contributed by atoms with Gasteiger partial charge in [0, 0.05) is 17.1 Å². The second-order valence-electron chi connectivity index (χ2n) is 9.51. The number of rotatable bonds is 8. The lowest BCUT2D eigenvalue weighted by atomic mass is 10.0. The number of carbonyl (C=O) groups excluding carboxylic acids is 2. The maximum absolute atomic E-state index is 13.8. The lowest BCUT2D eigenvalue weighted by Crippen LogP contribution is -2.48. The van der Waals surface area contributed by atoms with Crippen molar-refractivity contribution in [2.24, 2.45) is 0 Å². The van der Waals surface area contributed by atoms with Crippen molar-refractivity contribution in [1.82, 2.24) is 9.80 Å². The molecule has 196 valence electrons. The van der Waals surface area contributed by atoms with Gasteiger partial charge in [0.15, 0.2) is 0 Å². The maximum Gasteiger partial charge on any atom is 0.322 e. The highest BCUT2D eigenvalue weighted by Gasteiger charge is 2.33. The summed E-state index contributed by atoms with van der Waals surface area (Å²) in [6, 6.07) is 20.5. The lowest BCUT2D eigenvalue weighted by Gasteiger charge is -2.37. The molecule has 38 heavy (non-hydrogen) atoms. The number of benzene rings is 2. The first-order chi connectivity index (χ1) is 18.5. The van der Waals surface area contributed by atoms with Crippen molar-refractivity contribution < 1.29 is 18.7 Å². The number of aryl methyl sites for hydroxylation is 2. The Balaban J connectivity index is 1.33. The third kappa shape index (κ3) is 6.08. The van der Waals surface area contributed by atoms with E-state index in [1.54, 1.807) is 29.7 Å². The molecule has 2 aromatic heterocycles. The summed E-state index contributed by atoms with van der Waals surface area (Å²) < 4.78 is 11.6. The fraction of sp³-hybridized carbons (Fsp3) is 0.267. The Morgan fingerprint density at radius 3 is 2.50 bits per heavy atom. The average molecular weight is 530 g/mol. The van der Waals surface area contributed by atoms with Crippen LogP contribution in [-0.4, -0.2) is 41.4 Å². The molecule has 0 aliphatic carbocycles. The quantitative estimate of drug-likeness (QED) is 0.295. The normalized spacial score (nSPS) is 14.6. The molecule has 0 radical (unpaired) electrons. The Hall–Kier alpha value is -4.04. The summed E-state index contributed by atoms with van der Waals surface area (Å²) in [6.45, 7) is 5.03. The number of hydrogen-bond donors (Lipinski definition) is 1. The first kappa shape index (κ1) is 25.6. The van der Waals surface area contributed by atoms with Crippen molar-refractivity contribution in [2.75, 3.05) is 25.0 Å². The van der Waals surface area contributed by atoms with Crippen LogP contribution in [0.5, 0.6) is 5.75 Å². The molecule has 8 heteroatoms. The van der Waals surface area contributed by atoms with Gasteiger partial charge in [-0.2, -0.15) is 0 Å². The number of amides is 3. The highest BCUT2D eigenvalue weighted by molar-refractivity contribution is 7.10. The maximum atomic E-state index is 13.8. The molecule has 4 aromatic rings. The van der Waals surface area contributed by atoms with Gasteiger partial charge in [-0.15, -0.1) is 11.3 Å². The van der Waals surface area contributed by atoms with Crippen molar-refractivity contribution in [3.8, 4) is 5.75 Å². The Morgan fingerprint density at radius 1 is 1.05 bits per heavy atom. The fourth-order valence-corrected chi connectivity index (χ4v) is 5.50. The van der Waals surface area contributed by atoms with Crippen molar-refractivity contribution in [3.63, 3.8) is 0 Å². The third-order valence-corrected chi connectivity index (χ3v) is 7.68. The van der Waals surface area contributed by atoms with Gasteiger partial charge in [0.25, 0.3) is 0 Å². The van der Waals surface area contributed by atoms with E-state index in [1.165, 1.54) is 9.78 Å². The summed E-state index contributed by atoms with van der Waals surface area (Å²) in [5.74, 6) is 1.24. The number of ether oxygens (including phenoxy) is 1. The Kier molecular flexibility index (Phi) is 7.79. The number of thiophene rings is 1. The van der Waals surface area contributed by atoms with Gasteiger partial charge in [-0.3, -0.25) is 4.79 Å². The summed E-state index contributed by atoms with van der Waals surface area (Å²) >= 11 is 1.71.